The van der Waals surface area contributed by atoms with Crippen LogP contribution in [-0.2, 0) is 6.54 Å². The van der Waals surface area contributed by atoms with Crippen molar-refractivity contribution in [2.45, 2.75) is 6.54 Å². The van der Waals surface area contributed by atoms with Crippen molar-refractivity contribution in [2.24, 2.45) is 0 Å². The molecule has 0 unspecified atom stereocenters. The summed E-state index contributed by atoms with van der Waals surface area (Å²) in [5, 5.41) is 13.9. The molecule has 0 aliphatic carbocycles. The molecule has 0 aromatic heterocycles. The Hall–Kier alpha value is -2.63. The van der Waals surface area contributed by atoms with Crippen LogP contribution in [0.2, 0.25) is 0 Å². The Bertz CT molecular complexity index is 644. The van der Waals surface area contributed by atoms with Crippen molar-refractivity contribution >= 4 is 17.1 Å². The molecule has 2 aromatic carbocycles. The lowest BCUT2D eigenvalue weighted by Crippen LogP contribution is -2.17. The Morgan fingerprint density at radius 3 is 2.48 bits per heavy atom. The molecular weight excluding hydrogens is 273 g/mol. The van der Waals surface area contributed by atoms with Crippen molar-refractivity contribution in [3.63, 3.8) is 0 Å². The van der Waals surface area contributed by atoms with Crippen LogP contribution in [0.25, 0.3) is 0 Å². The average Bonchev–Trinajstić information content (AvgIpc) is 2.47. The topological polar surface area (TPSA) is 58.4 Å². The minimum absolute atomic E-state index is 0.0440. The normalized spacial score (nSPS) is 10.2. The molecule has 21 heavy (non-hydrogen) atoms. The first-order chi connectivity index (χ1) is 10.0. The highest BCUT2D eigenvalue weighted by atomic mass is 19.1. The first kappa shape index (κ1) is 14.8. The van der Waals surface area contributed by atoms with E-state index in [0.29, 0.717) is 12.2 Å². The fourth-order valence-electron chi connectivity index (χ4n) is 2.20. The molecule has 1 N–H and O–H groups in total. The van der Waals surface area contributed by atoms with E-state index in [4.69, 9.17) is 0 Å². The summed E-state index contributed by atoms with van der Waals surface area (Å²) in [7, 11) is 3.51. The molecule has 6 heteroatoms. The smallest absolute Gasteiger partial charge is 0.292 e. The zero-order valence-corrected chi connectivity index (χ0v) is 11.8. The summed E-state index contributed by atoms with van der Waals surface area (Å²) < 4.78 is 12.9. The van der Waals surface area contributed by atoms with Gasteiger partial charge in [0.2, 0.25) is 0 Å². The molecular formula is C15H16FN3O2. The number of nitrogens with one attached hydrogen (secondary N) is 1. The van der Waals surface area contributed by atoms with Crippen LogP contribution in [0, 0.1) is 15.9 Å². The van der Waals surface area contributed by atoms with Crippen LogP contribution in [0.3, 0.4) is 0 Å². The number of nitrogens with zero attached hydrogens (tertiary/aromatic N) is 2. The predicted molar refractivity (Wildman–Crippen MR) is 81.2 cm³/mol. The van der Waals surface area contributed by atoms with Crippen LogP contribution in [0.15, 0.2) is 42.5 Å². The predicted octanol–water partition coefficient (Wildman–Crippen LogP) is 3.41. The number of nitro benzene ring substituents is 1. The van der Waals surface area contributed by atoms with Crippen LogP contribution in [0.5, 0.6) is 0 Å². The third-order valence-electron chi connectivity index (χ3n) is 3.25. The Balaban J connectivity index is 2.28. The van der Waals surface area contributed by atoms with Crippen molar-refractivity contribution in [1.82, 2.24) is 0 Å². The van der Waals surface area contributed by atoms with Crippen molar-refractivity contribution in [3.05, 3.63) is 64.0 Å². The van der Waals surface area contributed by atoms with Crippen LogP contribution in [0.1, 0.15) is 5.56 Å². The van der Waals surface area contributed by atoms with Gasteiger partial charge in [-0.15, -0.1) is 0 Å². The molecule has 0 aliphatic heterocycles. The SMILES string of the molecule is CNc1c(CN(C)c2ccc(F)cc2)cccc1[N+](=O)[O-]. The molecule has 0 saturated heterocycles. The van der Waals surface area contributed by atoms with Crippen LogP contribution in [0.4, 0.5) is 21.5 Å². The van der Waals surface area contributed by atoms with Gasteiger partial charge in [0.1, 0.15) is 11.5 Å². The number of anilines is 2. The average molecular weight is 289 g/mol. The molecule has 2 aromatic rings. The van der Waals surface area contributed by atoms with Gasteiger partial charge in [0.05, 0.1) is 4.92 Å². The van der Waals surface area contributed by atoms with Crippen molar-refractivity contribution in [3.8, 4) is 0 Å². The number of hydrogen-bond donors (Lipinski definition) is 1. The maximum absolute atomic E-state index is 12.9. The summed E-state index contributed by atoms with van der Waals surface area (Å²) >= 11 is 0. The lowest BCUT2D eigenvalue weighted by atomic mass is 10.1. The van der Waals surface area contributed by atoms with Gasteiger partial charge in [-0.05, 0) is 24.3 Å². The standard InChI is InChI=1S/C15H16FN3O2/c1-17-15-11(4-3-5-14(15)19(20)21)10-18(2)13-8-6-12(16)7-9-13/h3-9,17H,10H2,1-2H3. The van der Waals surface area contributed by atoms with Crippen LogP contribution >= 0.6 is 0 Å². The third-order valence-corrected chi connectivity index (χ3v) is 3.25. The Morgan fingerprint density at radius 1 is 1.24 bits per heavy atom. The fraction of sp³-hybridized carbons (Fsp3) is 0.200. The van der Waals surface area contributed by atoms with E-state index in [9.17, 15) is 14.5 Å². The van der Waals surface area contributed by atoms with E-state index in [1.165, 1.54) is 18.2 Å². The van der Waals surface area contributed by atoms with Crippen LogP contribution < -0.4 is 10.2 Å². The number of nitro groups is 1. The van der Waals surface area contributed by atoms with E-state index in [0.717, 1.165) is 11.3 Å². The highest BCUT2D eigenvalue weighted by Gasteiger charge is 2.17. The van der Waals surface area contributed by atoms with Gasteiger partial charge in [-0.25, -0.2) is 4.39 Å². The molecule has 0 spiro atoms. The Labute approximate surface area is 122 Å². The molecule has 0 saturated carbocycles. The van der Waals surface area contributed by atoms with Crippen molar-refractivity contribution in [1.29, 1.82) is 0 Å². The summed E-state index contributed by atoms with van der Waals surface area (Å²) in [5.41, 5.74) is 2.18. The van der Waals surface area contributed by atoms with Gasteiger partial charge in [-0.1, -0.05) is 12.1 Å². The maximum Gasteiger partial charge on any atom is 0.292 e. The fourth-order valence-corrected chi connectivity index (χ4v) is 2.20. The zero-order chi connectivity index (χ0) is 15.4. The molecule has 0 aliphatic rings. The molecule has 0 heterocycles. The van der Waals surface area contributed by atoms with E-state index in [2.05, 4.69) is 5.32 Å². The van der Waals surface area contributed by atoms with Crippen molar-refractivity contribution < 1.29 is 9.31 Å². The zero-order valence-electron chi connectivity index (χ0n) is 11.8. The summed E-state index contributed by atoms with van der Waals surface area (Å²) in [6.45, 7) is 0.476. The van der Waals surface area contributed by atoms with Gasteiger partial charge >= 0.3 is 0 Å². The van der Waals surface area contributed by atoms with E-state index >= 15 is 0 Å². The second-order valence-corrected chi connectivity index (χ2v) is 4.65. The van der Waals surface area contributed by atoms with E-state index in [1.54, 1.807) is 25.2 Å². The first-order valence-corrected chi connectivity index (χ1v) is 6.43. The molecule has 0 radical (unpaired) electrons. The quantitative estimate of drug-likeness (QED) is 0.677. The first-order valence-electron chi connectivity index (χ1n) is 6.43. The lowest BCUT2D eigenvalue weighted by molar-refractivity contribution is -0.384. The number of hydrogen-bond acceptors (Lipinski definition) is 4. The van der Waals surface area contributed by atoms with Gasteiger partial charge in [-0.2, -0.15) is 0 Å². The third kappa shape index (κ3) is 3.28. The molecule has 5 nitrogen and oxygen atoms in total. The van der Waals surface area contributed by atoms with E-state index in [1.807, 2.05) is 18.0 Å². The minimum atomic E-state index is -0.409. The second-order valence-electron chi connectivity index (χ2n) is 4.65. The van der Waals surface area contributed by atoms with Crippen molar-refractivity contribution in [2.75, 3.05) is 24.3 Å². The van der Waals surface area contributed by atoms with Gasteiger partial charge < -0.3 is 10.2 Å². The highest BCUT2D eigenvalue weighted by molar-refractivity contribution is 5.67. The second kappa shape index (κ2) is 6.21. The Kier molecular flexibility index (Phi) is 4.37. The molecule has 0 amide bonds. The molecule has 0 bridgehead atoms. The van der Waals surface area contributed by atoms with Gasteiger partial charge in [0.15, 0.2) is 0 Å². The lowest BCUT2D eigenvalue weighted by Gasteiger charge is -2.21. The number of rotatable bonds is 5. The molecule has 2 rings (SSSR count). The van der Waals surface area contributed by atoms with Gasteiger partial charge in [0, 0.05) is 38.0 Å². The minimum Gasteiger partial charge on any atom is -0.382 e. The number of para-hydroxylation sites is 1. The molecule has 110 valence electrons. The summed E-state index contributed by atoms with van der Waals surface area (Å²) in [6.07, 6.45) is 0. The summed E-state index contributed by atoms with van der Waals surface area (Å²) in [5.74, 6) is -0.293. The number of benzene rings is 2. The summed E-state index contributed by atoms with van der Waals surface area (Å²) in [4.78, 5) is 12.5. The summed E-state index contributed by atoms with van der Waals surface area (Å²) in [6, 6.07) is 11.1. The molecule has 0 fully saturated rings. The molecule has 0 atom stereocenters. The van der Waals surface area contributed by atoms with E-state index < -0.39 is 4.92 Å². The number of halogens is 1. The maximum atomic E-state index is 12.9. The highest BCUT2D eigenvalue weighted by Crippen LogP contribution is 2.29. The van der Waals surface area contributed by atoms with Crippen LogP contribution in [-0.4, -0.2) is 19.0 Å². The largest absolute Gasteiger partial charge is 0.382 e. The van der Waals surface area contributed by atoms with E-state index in [-0.39, 0.29) is 11.5 Å². The monoisotopic (exact) mass is 289 g/mol. The Morgan fingerprint density at radius 2 is 1.90 bits per heavy atom. The van der Waals surface area contributed by atoms with Gasteiger partial charge in [0.25, 0.3) is 5.69 Å². The van der Waals surface area contributed by atoms with Gasteiger partial charge in [-0.3, -0.25) is 10.1 Å².